The summed E-state index contributed by atoms with van der Waals surface area (Å²) in [6.45, 7) is 7.13. The fourth-order valence-corrected chi connectivity index (χ4v) is 1.83. The fraction of sp³-hybridized carbons (Fsp3) is 0.833. The van der Waals surface area contributed by atoms with Crippen molar-refractivity contribution in [3.63, 3.8) is 0 Å². The van der Waals surface area contributed by atoms with Crippen molar-refractivity contribution in [1.29, 1.82) is 0 Å². The van der Waals surface area contributed by atoms with Crippen LogP contribution in [0.3, 0.4) is 0 Å². The van der Waals surface area contributed by atoms with E-state index in [4.69, 9.17) is 0 Å². The minimum atomic E-state index is 0.143. The summed E-state index contributed by atoms with van der Waals surface area (Å²) in [6.07, 6.45) is 2.68. The highest BCUT2D eigenvalue weighted by Gasteiger charge is 2.27. The fourth-order valence-electron chi connectivity index (χ4n) is 1.83. The van der Waals surface area contributed by atoms with Crippen molar-refractivity contribution in [2.75, 3.05) is 13.6 Å². The van der Waals surface area contributed by atoms with Crippen molar-refractivity contribution >= 4 is 11.6 Å². The van der Waals surface area contributed by atoms with Crippen LogP contribution in [0.25, 0.3) is 0 Å². The molecular formula is C12H23N3O. The number of amides is 1. The second kappa shape index (κ2) is 5.99. The van der Waals surface area contributed by atoms with E-state index < -0.39 is 0 Å². The minimum Gasteiger partial charge on any atom is -0.312 e. The lowest BCUT2D eigenvalue weighted by atomic mass is 10.0. The lowest BCUT2D eigenvalue weighted by Crippen LogP contribution is -2.30. The van der Waals surface area contributed by atoms with E-state index in [2.05, 4.69) is 24.3 Å². The van der Waals surface area contributed by atoms with Gasteiger partial charge in [-0.15, -0.1) is 0 Å². The summed E-state index contributed by atoms with van der Waals surface area (Å²) >= 11 is 0. The van der Waals surface area contributed by atoms with Crippen LogP contribution < -0.4 is 5.32 Å². The number of hydrogen-bond donors (Lipinski definition) is 1. The molecule has 0 aromatic rings. The Morgan fingerprint density at radius 1 is 1.44 bits per heavy atom. The number of hydrogen-bond acceptors (Lipinski definition) is 3. The predicted octanol–water partition coefficient (Wildman–Crippen LogP) is 1.62. The summed E-state index contributed by atoms with van der Waals surface area (Å²) in [7, 11) is 1.89. The zero-order valence-corrected chi connectivity index (χ0v) is 10.8. The molecule has 0 saturated heterocycles. The maximum atomic E-state index is 11.8. The van der Waals surface area contributed by atoms with Crippen LogP contribution in [-0.4, -0.2) is 36.3 Å². The van der Waals surface area contributed by atoms with E-state index >= 15 is 0 Å². The highest BCUT2D eigenvalue weighted by Crippen LogP contribution is 2.16. The number of carbonyl (C=O) groups is 1. The van der Waals surface area contributed by atoms with Gasteiger partial charge in [0.15, 0.2) is 0 Å². The zero-order chi connectivity index (χ0) is 12.1. The summed E-state index contributed by atoms with van der Waals surface area (Å²) in [6, 6.07) is 0.190. The molecule has 0 aliphatic carbocycles. The van der Waals surface area contributed by atoms with E-state index in [0.29, 0.717) is 12.3 Å². The smallest absolute Gasteiger partial charge is 0.248 e. The lowest BCUT2D eigenvalue weighted by Gasteiger charge is -2.18. The maximum Gasteiger partial charge on any atom is 0.248 e. The van der Waals surface area contributed by atoms with Crippen molar-refractivity contribution in [3.05, 3.63) is 0 Å². The Morgan fingerprint density at radius 2 is 2.06 bits per heavy atom. The van der Waals surface area contributed by atoms with Gasteiger partial charge in [-0.05, 0) is 19.9 Å². The molecule has 1 aliphatic rings. The molecule has 0 saturated carbocycles. The molecular weight excluding hydrogens is 202 g/mol. The Bertz CT molecular complexity index is 271. The third kappa shape index (κ3) is 3.04. The monoisotopic (exact) mass is 225 g/mol. The summed E-state index contributed by atoms with van der Waals surface area (Å²) in [5.41, 5.74) is 0.957. The molecule has 0 bridgehead atoms. The number of hydrazone groups is 1. The molecule has 1 aliphatic heterocycles. The SMILES string of the molecule is CCC(CC)CN1N=C(C(C)NC)CC1=O. The molecule has 1 N–H and O–H groups in total. The number of carbonyl (C=O) groups excluding carboxylic acids is 1. The first-order valence-corrected chi connectivity index (χ1v) is 6.17. The molecule has 0 aromatic heterocycles. The maximum absolute atomic E-state index is 11.8. The van der Waals surface area contributed by atoms with Crippen molar-refractivity contribution in [1.82, 2.24) is 10.3 Å². The van der Waals surface area contributed by atoms with Gasteiger partial charge < -0.3 is 5.32 Å². The van der Waals surface area contributed by atoms with Crippen LogP contribution in [0.4, 0.5) is 0 Å². The van der Waals surface area contributed by atoms with Gasteiger partial charge in [-0.25, -0.2) is 5.01 Å². The summed E-state index contributed by atoms with van der Waals surface area (Å²) in [5.74, 6) is 0.709. The quantitative estimate of drug-likeness (QED) is 0.746. The van der Waals surface area contributed by atoms with E-state index in [1.807, 2.05) is 14.0 Å². The number of nitrogens with zero attached hydrogens (tertiary/aromatic N) is 2. The van der Waals surface area contributed by atoms with Gasteiger partial charge in [-0.1, -0.05) is 26.7 Å². The van der Waals surface area contributed by atoms with Gasteiger partial charge in [0.2, 0.25) is 5.91 Å². The molecule has 1 atom stereocenters. The second-order valence-electron chi connectivity index (χ2n) is 4.44. The van der Waals surface area contributed by atoms with E-state index in [0.717, 1.165) is 25.1 Å². The highest BCUT2D eigenvalue weighted by atomic mass is 16.2. The van der Waals surface area contributed by atoms with Crippen molar-refractivity contribution < 1.29 is 4.79 Å². The molecule has 0 aromatic carbocycles. The third-order valence-electron chi connectivity index (χ3n) is 3.39. The van der Waals surface area contributed by atoms with Gasteiger partial charge in [0.1, 0.15) is 0 Å². The molecule has 1 unspecified atom stereocenters. The number of rotatable bonds is 6. The molecule has 0 radical (unpaired) electrons. The van der Waals surface area contributed by atoms with Crippen LogP contribution in [0.15, 0.2) is 5.10 Å². The Hall–Kier alpha value is -0.900. The molecule has 4 nitrogen and oxygen atoms in total. The van der Waals surface area contributed by atoms with Gasteiger partial charge >= 0.3 is 0 Å². The van der Waals surface area contributed by atoms with Gasteiger partial charge in [-0.3, -0.25) is 4.79 Å². The summed E-state index contributed by atoms with van der Waals surface area (Å²) in [4.78, 5) is 11.8. The van der Waals surface area contributed by atoms with Gasteiger partial charge in [0, 0.05) is 12.6 Å². The van der Waals surface area contributed by atoms with Crippen LogP contribution in [0.1, 0.15) is 40.0 Å². The van der Waals surface area contributed by atoms with E-state index in [1.165, 1.54) is 0 Å². The molecule has 1 rings (SSSR count). The second-order valence-corrected chi connectivity index (χ2v) is 4.44. The summed E-state index contributed by atoms with van der Waals surface area (Å²) < 4.78 is 0. The predicted molar refractivity (Wildman–Crippen MR) is 66.4 cm³/mol. The van der Waals surface area contributed by atoms with Crippen LogP contribution in [0.2, 0.25) is 0 Å². The Morgan fingerprint density at radius 3 is 2.56 bits per heavy atom. The van der Waals surface area contributed by atoms with E-state index in [1.54, 1.807) is 5.01 Å². The average molecular weight is 225 g/mol. The topological polar surface area (TPSA) is 44.7 Å². The zero-order valence-electron chi connectivity index (χ0n) is 10.8. The summed E-state index contributed by atoms with van der Waals surface area (Å²) in [5, 5.41) is 9.19. The van der Waals surface area contributed by atoms with E-state index in [-0.39, 0.29) is 11.9 Å². The molecule has 16 heavy (non-hydrogen) atoms. The van der Waals surface area contributed by atoms with Crippen LogP contribution in [0, 0.1) is 5.92 Å². The first-order valence-electron chi connectivity index (χ1n) is 6.17. The van der Waals surface area contributed by atoms with Crippen LogP contribution >= 0.6 is 0 Å². The minimum absolute atomic E-state index is 0.143. The van der Waals surface area contributed by atoms with Crippen LogP contribution in [0.5, 0.6) is 0 Å². The Kier molecular flexibility index (Phi) is 4.93. The van der Waals surface area contributed by atoms with Crippen LogP contribution in [-0.2, 0) is 4.79 Å². The molecule has 1 heterocycles. The number of nitrogens with one attached hydrogen (secondary N) is 1. The Balaban J connectivity index is 2.60. The first kappa shape index (κ1) is 13.2. The van der Waals surface area contributed by atoms with Crippen molar-refractivity contribution in [2.45, 2.75) is 46.1 Å². The molecule has 1 amide bonds. The van der Waals surface area contributed by atoms with Gasteiger partial charge in [-0.2, -0.15) is 5.10 Å². The third-order valence-corrected chi connectivity index (χ3v) is 3.39. The normalized spacial score (nSPS) is 18.2. The standard InChI is InChI=1S/C12H23N3O/c1-5-10(6-2)8-15-12(16)7-11(14-15)9(3)13-4/h9-10,13H,5-8H2,1-4H3. The van der Waals surface area contributed by atoms with Gasteiger partial charge in [0.25, 0.3) is 0 Å². The van der Waals surface area contributed by atoms with Crippen molar-refractivity contribution in [3.8, 4) is 0 Å². The molecule has 0 fully saturated rings. The molecule has 92 valence electrons. The van der Waals surface area contributed by atoms with Crippen molar-refractivity contribution in [2.24, 2.45) is 11.0 Å². The lowest BCUT2D eigenvalue weighted by molar-refractivity contribution is -0.129. The molecule has 4 heteroatoms. The highest BCUT2D eigenvalue weighted by molar-refractivity contribution is 6.07. The van der Waals surface area contributed by atoms with Gasteiger partial charge in [0.05, 0.1) is 12.1 Å². The first-order chi connectivity index (χ1) is 7.62. The Labute approximate surface area is 98.1 Å². The van der Waals surface area contributed by atoms with E-state index in [9.17, 15) is 4.79 Å². The molecule has 0 spiro atoms. The average Bonchev–Trinajstić information content (AvgIpc) is 2.66. The largest absolute Gasteiger partial charge is 0.312 e.